The summed E-state index contributed by atoms with van der Waals surface area (Å²) in [6, 6.07) is 0.669. The smallest absolute Gasteiger partial charge is 0.225 e. The Morgan fingerprint density at radius 3 is 2.43 bits per heavy atom. The van der Waals surface area contributed by atoms with Crippen LogP contribution in [-0.4, -0.2) is 47.2 Å². The Labute approximate surface area is 130 Å². The number of nitrogens with one attached hydrogen (secondary N) is 1. The quantitative estimate of drug-likeness (QED) is 0.819. The third-order valence-corrected chi connectivity index (χ3v) is 4.39. The number of carbonyl (C=O) groups excluding carboxylic acids is 1. The van der Waals surface area contributed by atoms with Gasteiger partial charge in [-0.1, -0.05) is 27.7 Å². The van der Waals surface area contributed by atoms with Crippen LogP contribution in [0.15, 0.2) is 0 Å². The number of likely N-dealkylation sites (tertiary alicyclic amines) is 1. The van der Waals surface area contributed by atoms with Crippen LogP contribution in [0.5, 0.6) is 0 Å². The minimum atomic E-state index is -0.349. The molecule has 0 aromatic carbocycles. The van der Waals surface area contributed by atoms with Gasteiger partial charge in [0.1, 0.15) is 0 Å². The standard InChI is InChI=1S/C17H34N2O2/c1-7-15(20)9-13-8-14(11-19(10-13)12(2)3)18-16(21)17(4,5)6/h12-15,20H,7-11H2,1-6H3,(H,18,21). The van der Waals surface area contributed by atoms with E-state index in [1.165, 1.54) is 0 Å². The van der Waals surface area contributed by atoms with Crippen LogP contribution in [0.25, 0.3) is 0 Å². The molecule has 3 unspecified atom stereocenters. The zero-order valence-corrected chi connectivity index (χ0v) is 14.6. The van der Waals surface area contributed by atoms with Crippen molar-refractivity contribution in [3.63, 3.8) is 0 Å². The van der Waals surface area contributed by atoms with Crippen LogP contribution >= 0.6 is 0 Å². The van der Waals surface area contributed by atoms with Gasteiger partial charge in [0.05, 0.1) is 6.10 Å². The first-order valence-electron chi connectivity index (χ1n) is 8.36. The minimum Gasteiger partial charge on any atom is -0.393 e. The van der Waals surface area contributed by atoms with E-state index in [1.807, 2.05) is 27.7 Å². The van der Waals surface area contributed by atoms with E-state index in [1.54, 1.807) is 0 Å². The molecule has 0 aromatic rings. The van der Waals surface area contributed by atoms with Crippen molar-refractivity contribution < 1.29 is 9.90 Å². The highest BCUT2D eigenvalue weighted by atomic mass is 16.3. The van der Waals surface area contributed by atoms with Crippen molar-refractivity contribution >= 4 is 5.91 Å². The van der Waals surface area contributed by atoms with Crippen molar-refractivity contribution in [2.45, 2.75) is 79.0 Å². The highest BCUT2D eigenvalue weighted by molar-refractivity contribution is 5.81. The second kappa shape index (κ2) is 7.59. The molecule has 4 nitrogen and oxygen atoms in total. The lowest BCUT2D eigenvalue weighted by molar-refractivity contribution is -0.129. The lowest BCUT2D eigenvalue weighted by Gasteiger charge is -2.41. The number of carbonyl (C=O) groups is 1. The number of rotatable bonds is 5. The van der Waals surface area contributed by atoms with Gasteiger partial charge < -0.3 is 10.4 Å². The van der Waals surface area contributed by atoms with Crippen LogP contribution in [0, 0.1) is 11.3 Å². The zero-order valence-electron chi connectivity index (χ0n) is 14.6. The molecule has 2 N–H and O–H groups in total. The molecule has 0 spiro atoms. The molecule has 3 atom stereocenters. The van der Waals surface area contributed by atoms with Gasteiger partial charge in [0.15, 0.2) is 0 Å². The third-order valence-electron chi connectivity index (χ3n) is 4.39. The Balaban J connectivity index is 2.68. The van der Waals surface area contributed by atoms with Crippen LogP contribution in [0.4, 0.5) is 0 Å². The number of aliphatic hydroxyl groups excluding tert-OH is 1. The average Bonchev–Trinajstić information content (AvgIpc) is 2.37. The molecular weight excluding hydrogens is 264 g/mol. The van der Waals surface area contributed by atoms with Gasteiger partial charge in [-0.25, -0.2) is 0 Å². The number of hydrogen-bond acceptors (Lipinski definition) is 3. The number of piperidine rings is 1. The monoisotopic (exact) mass is 298 g/mol. The van der Waals surface area contributed by atoms with E-state index in [0.29, 0.717) is 12.0 Å². The lowest BCUT2D eigenvalue weighted by Crippen LogP contribution is -2.54. The van der Waals surface area contributed by atoms with Gasteiger partial charge in [-0.05, 0) is 39.0 Å². The molecule has 1 saturated heterocycles. The Hall–Kier alpha value is -0.610. The van der Waals surface area contributed by atoms with E-state index in [9.17, 15) is 9.90 Å². The van der Waals surface area contributed by atoms with Crippen LogP contribution in [0.1, 0.15) is 60.8 Å². The minimum absolute atomic E-state index is 0.118. The van der Waals surface area contributed by atoms with Crippen LogP contribution in [0.3, 0.4) is 0 Å². The molecule has 1 amide bonds. The van der Waals surface area contributed by atoms with Gasteiger partial charge in [-0.2, -0.15) is 0 Å². The molecule has 0 saturated carbocycles. The summed E-state index contributed by atoms with van der Waals surface area (Å²) < 4.78 is 0. The van der Waals surface area contributed by atoms with Crippen molar-refractivity contribution in [1.82, 2.24) is 10.2 Å². The van der Waals surface area contributed by atoms with Crippen molar-refractivity contribution in [2.75, 3.05) is 13.1 Å². The number of hydrogen-bond donors (Lipinski definition) is 2. The fourth-order valence-electron chi connectivity index (χ4n) is 2.89. The first-order valence-corrected chi connectivity index (χ1v) is 8.36. The first-order chi connectivity index (χ1) is 9.63. The summed E-state index contributed by atoms with van der Waals surface area (Å²) in [6.07, 6.45) is 2.39. The van der Waals surface area contributed by atoms with Gasteiger partial charge in [-0.3, -0.25) is 9.69 Å². The molecule has 0 aromatic heterocycles. The predicted molar refractivity (Wildman–Crippen MR) is 87.1 cm³/mol. The Kier molecular flexibility index (Phi) is 6.67. The Bertz CT molecular complexity index is 336. The molecule has 4 heteroatoms. The van der Waals surface area contributed by atoms with Gasteiger partial charge in [0, 0.05) is 30.6 Å². The summed E-state index contributed by atoms with van der Waals surface area (Å²) >= 11 is 0. The van der Waals surface area contributed by atoms with Crippen LogP contribution in [0.2, 0.25) is 0 Å². The maximum absolute atomic E-state index is 12.2. The third kappa shape index (κ3) is 5.95. The molecule has 0 radical (unpaired) electrons. The topological polar surface area (TPSA) is 52.6 Å². The molecular formula is C17H34N2O2. The molecule has 124 valence electrons. The highest BCUT2D eigenvalue weighted by Gasteiger charge is 2.32. The van der Waals surface area contributed by atoms with Gasteiger partial charge in [-0.15, -0.1) is 0 Å². The fraction of sp³-hybridized carbons (Fsp3) is 0.941. The number of nitrogens with zero attached hydrogens (tertiary/aromatic N) is 1. The summed E-state index contributed by atoms with van der Waals surface area (Å²) in [6.45, 7) is 14.2. The second-order valence-electron chi connectivity index (χ2n) is 7.87. The van der Waals surface area contributed by atoms with E-state index in [0.717, 1.165) is 32.4 Å². The van der Waals surface area contributed by atoms with E-state index >= 15 is 0 Å². The van der Waals surface area contributed by atoms with Gasteiger partial charge >= 0.3 is 0 Å². The van der Waals surface area contributed by atoms with E-state index in [-0.39, 0.29) is 23.5 Å². The number of amides is 1. The molecule has 1 aliphatic rings. The van der Waals surface area contributed by atoms with Crippen molar-refractivity contribution in [1.29, 1.82) is 0 Å². The largest absolute Gasteiger partial charge is 0.393 e. The molecule has 21 heavy (non-hydrogen) atoms. The van der Waals surface area contributed by atoms with E-state index in [4.69, 9.17) is 0 Å². The summed E-state index contributed by atoms with van der Waals surface area (Å²) in [7, 11) is 0. The molecule has 1 aliphatic heterocycles. The Morgan fingerprint density at radius 2 is 1.95 bits per heavy atom. The normalized spacial score (nSPS) is 25.9. The van der Waals surface area contributed by atoms with Gasteiger partial charge in [0.2, 0.25) is 5.91 Å². The van der Waals surface area contributed by atoms with Crippen molar-refractivity contribution in [3.05, 3.63) is 0 Å². The van der Waals surface area contributed by atoms with E-state index < -0.39 is 0 Å². The molecule has 1 fully saturated rings. The lowest BCUT2D eigenvalue weighted by atomic mass is 9.87. The van der Waals surface area contributed by atoms with Crippen molar-refractivity contribution in [2.24, 2.45) is 11.3 Å². The number of aliphatic hydroxyl groups is 1. The van der Waals surface area contributed by atoms with Gasteiger partial charge in [0.25, 0.3) is 0 Å². The molecule has 1 heterocycles. The van der Waals surface area contributed by atoms with Crippen LogP contribution in [-0.2, 0) is 4.79 Å². The molecule has 1 rings (SSSR count). The summed E-state index contributed by atoms with van der Waals surface area (Å²) in [4.78, 5) is 14.6. The Morgan fingerprint density at radius 1 is 1.33 bits per heavy atom. The highest BCUT2D eigenvalue weighted by Crippen LogP contribution is 2.25. The van der Waals surface area contributed by atoms with Crippen LogP contribution < -0.4 is 5.32 Å². The maximum Gasteiger partial charge on any atom is 0.225 e. The van der Waals surface area contributed by atoms with Crippen molar-refractivity contribution in [3.8, 4) is 0 Å². The first kappa shape index (κ1) is 18.4. The summed E-state index contributed by atoms with van der Waals surface area (Å²) in [5.41, 5.74) is -0.349. The summed E-state index contributed by atoms with van der Waals surface area (Å²) in [5.74, 6) is 0.578. The molecule has 0 aliphatic carbocycles. The zero-order chi connectivity index (χ0) is 16.2. The average molecular weight is 298 g/mol. The maximum atomic E-state index is 12.2. The molecule has 0 bridgehead atoms. The SMILES string of the molecule is CCC(O)CC1CC(NC(=O)C(C)(C)C)CN(C(C)C)C1. The van der Waals surface area contributed by atoms with E-state index in [2.05, 4.69) is 24.1 Å². The fourth-order valence-corrected chi connectivity index (χ4v) is 2.89. The second-order valence-corrected chi connectivity index (χ2v) is 7.87. The predicted octanol–water partition coefficient (Wildman–Crippen LogP) is 2.41. The summed E-state index contributed by atoms with van der Waals surface area (Å²) in [5, 5.41) is 13.1.